The number of ether oxygens (including phenoxy) is 1. The number of rotatable bonds is 8. The average Bonchev–Trinajstić information content (AvgIpc) is 3.54. The summed E-state index contributed by atoms with van der Waals surface area (Å²) in [4.78, 5) is 2.52. The van der Waals surface area contributed by atoms with Crippen molar-refractivity contribution in [1.29, 1.82) is 0 Å². The van der Waals surface area contributed by atoms with Crippen molar-refractivity contribution >= 4 is 0 Å². The minimum absolute atomic E-state index is 0.371. The summed E-state index contributed by atoms with van der Waals surface area (Å²) in [6, 6.07) is 17.8. The normalized spacial score (nSPS) is 20.7. The topological polar surface area (TPSA) is 73.9 Å². The molecule has 0 unspecified atom stereocenters. The van der Waals surface area contributed by atoms with Crippen LogP contribution < -0.4 is 4.74 Å². The Labute approximate surface area is 224 Å². The fourth-order valence-electron chi connectivity index (χ4n) is 5.77. The maximum atomic E-state index is 5.96. The van der Waals surface area contributed by atoms with Gasteiger partial charge in [-0.15, -0.1) is 15.3 Å². The third kappa shape index (κ3) is 5.10. The Hall–Kier alpha value is -3.52. The van der Waals surface area contributed by atoms with E-state index in [1.54, 1.807) is 0 Å². The monoisotopic (exact) mass is 511 g/mol. The number of aromatic nitrogens is 6. The summed E-state index contributed by atoms with van der Waals surface area (Å²) < 4.78 is 10.1. The molecular weight excluding hydrogens is 474 g/mol. The highest BCUT2D eigenvalue weighted by atomic mass is 16.5. The number of likely N-dealkylation sites (tertiary alicyclic amines) is 1. The Balaban J connectivity index is 1.05. The summed E-state index contributed by atoms with van der Waals surface area (Å²) in [5.74, 6) is 3.17. The van der Waals surface area contributed by atoms with Gasteiger partial charge in [0.25, 0.3) is 0 Å². The van der Waals surface area contributed by atoms with Crippen LogP contribution >= 0.6 is 0 Å². The summed E-state index contributed by atoms with van der Waals surface area (Å²) in [7, 11) is 2.05. The SMILES string of the molecule is Cc1cccc(OCc2nnc(C3CCC(n4cc(-c5ccc([C@@H](C)N6CCC6)cc5)nn4)CC3)n2C)c1. The zero-order valence-corrected chi connectivity index (χ0v) is 22.6. The van der Waals surface area contributed by atoms with Crippen LogP contribution in [0.2, 0.25) is 0 Å². The van der Waals surface area contributed by atoms with Gasteiger partial charge in [-0.2, -0.15) is 0 Å². The van der Waals surface area contributed by atoms with Gasteiger partial charge in [-0.25, -0.2) is 4.68 Å². The van der Waals surface area contributed by atoms with Crippen molar-refractivity contribution in [3.63, 3.8) is 0 Å². The van der Waals surface area contributed by atoms with Gasteiger partial charge in [-0.1, -0.05) is 41.6 Å². The number of benzene rings is 2. The molecule has 6 rings (SSSR count). The molecule has 198 valence electrons. The molecule has 1 aliphatic carbocycles. The summed E-state index contributed by atoms with van der Waals surface area (Å²) in [5, 5.41) is 18.0. The Morgan fingerprint density at radius 2 is 1.76 bits per heavy atom. The van der Waals surface area contributed by atoms with Gasteiger partial charge in [0, 0.05) is 24.6 Å². The molecule has 3 heterocycles. The second-order valence-electron chi connectivity index (χ2n) is 10.9. The first-order valence-electron chi connectivity index (χ1n) is 13.9. The van der Waals surface area contributed by atoms with Crippen LogP contribution in [0, 0.1) is 6.92 Å². The van der Waals surface area contributed by atoms with Gasteiger partial charge < -0.3 is 9.30 Å². The van der Waals surface area contributed by atoms with Crippen LogP contribution in [0.15, 0.2) is 54.7 Å². The molecule has 2 aromatic carbocycles. The molecule has 1 aliphatic heterocycles. The van der Waals surface area contributed by atoms with Gasteiger partial charge in [0.05, 0.1) is 12.2 Å². The van der Waals surface area contributed by atoms with E-state index < -0.39 is 0 Å². The molecule has 8 heteroatoms. The molecule has 0 bridgehead atoms. The Morgan fingerprint density at radius 1 is 0.974 bits per heavy atom. The Kier molecular flexibility index (Phi) is 6.98. The van der Waals surface area contributed by atoms with Gasteiger partial charge in [-0.05, 0) is 82.3 Å². The molecule has 0 N–H and O–H groups in total. The largest absolute Gasteiger partial charge is 0.486 e. The quantitative estimate of drug-likeness (QED) is 0.305. The van der Waals surface area contributed by atoms with E-state index in [-0.39, 0.29) is 0 Å². The van der Waals surface area contributed by atoms with E-state index in [0.29, 0.717) is 24.6 Å². The smallest absolute Gasteiger partial charge is 0.170 e. The molecule has 2 aromatic heterocycles. The minimum Gasteiger partial charge on any atom is -0.486 e. The summed E-state index contributed by atoms with van der Waals surface area (Å²) in [5.41, 5.74) is 4.63. The average molecular weight is 512 g/mol. The zero-order chi connectivity index (χ0) is 26.1. The van der Waals surface area contributed by atoms with Crippen molar-refractivity contribution < 1.29 is 4.74 Å². The molecule has 0 spiro atoms. The first-order valence-corrected chi connectivity index (χ1v) is 13.9. The van der Waals surface area contributed by atoms with Crippen LogP contribution in [-0.4, -0.2) is 47.7 Å². The fraction of sp³-hybridized carbons (Fsp3) is 0.467. The molecule has 1 saturated heterocycles. The third-order valence-electron chi connectivity index (χ3n) is 8.43. The lowest BCUT2D eigenvalue weighted by Gasteiger charge is -2.36. The molecule has 0 radical (unpaired) electrons. The highest BCUT2D eigenvalue weighted by Crippen LogP contribution is 2.37. The van der Waals surface area contributed by atoms with Crippen LogP contribution in [0.25, 0.3) is 11.3 Å². The van der Waals surface area contributed by atoms with E-state index in [0.717, 1.165) is 54.3 Å². The van der Waals surface area contributed by atoms with Crippen LogP contribution in [0.5, 0.6) is 5.75 Å². The van der Waals surface area contributed by atoms with Crippen molar-refractivity contribution in [3.8, 4) is 17.0 Å². The first kappa shape index (κ1) is 24.8. The Morgan fingerprint density at radius 3 is 2.47 bits per heavy atom. The van der Waals surface area contributed by atoms with Crippen molar-refractivity contribution in [2.75, 3.05) is 13.1 Å². The second-order valence-corrected chi connectivity index (χ2v) is 10.9. The number of hydrogen-bond acceptors (Lipinski definition) is 6. The van der Waals surface area contributed by atoms with E-state index in [9.17, 15) is 0 Å². The van der Waals surface area contributed by atoms with Crippen molar-refractivity contribution in [3.05, 3.63) is 77.5 Å². The van der Waals surface area contributed by atoms with Crippen LogP contribution in [0.1, 0.15) is 79.8 Å². The Bertz CT molecular complexity index is 1360. The standard InChI is InChI=1S/C30H37N7O/c1-21-6-4-7-27(18-21)38-20-29-32-33-30(35(29)3)25-12-14-26(15-13-25)37-19-28(31-34-37)24-10-8-23(9-11-24)22(2)36-16-5-17-36/h4,6-11,18-19,22,25-26H,5,12-17,20H2,1-3H3/t22-,25?,26?/m1/s1. The number of nitrogens with zero attached hydrogens (tertiary/aromatic N) is 7. The summed E-state index contributed by atoms with van der Waals surface area (Å²) in [6.45, 7) is 7.19. The van der Waals surface area contributed by atoms with E-state index >= 15 is 0 Å². The van der Waals surface area contributed by atoms with E-state index in [4.69, 9.17) is 4.74 Å². The highest BCUT2D eigenvalue weighted by Gasteiger charge is 2.28. The predicted octanol–water partition coefficient (Wildman–Crippen LogP) is 5.63. The van der Waals surface area contributed by atoms with Crippen LogP contribution in [0.3, 0.4) is 0 Å². The highest BCUT2D eigenvalue weighted by molar-refractivity contribution is 5.58. The van der Waals surface area contributed by atoms with Crippen LogP contribution in [0.4, 0.5) is 0 Å². The second kappa shape index (κ2) is 10.7. The van der Waals surface area contributed by atoms with E-state index in [1.807, 2.05) is 18.2 Å². The molecule has 38 heavy (non-hydrogen) atoms. The minimum atomic E-state index is 0.371. The van der Waals surface area contributed by atoms with E-state index in [2.05, 4.69) is 92.1 Å². The van der Waals surface area contributed by atoms with Crippen molar-refractivity contribution in [1.82, 2.24) is 34.7 Å². The zero-order valence-electron chi connectivity index (χ0n) is 22.6. The lowest BCUT2D eigenvalue weighted by Crippen LogP contribution is -2.38. The summed E-state index contributed by atoms with van der Waals surface area (Å²) in [6.07, 6.45) is 7.67. The number of hydrogen-bond donors (Lipinski definition) is 0. The molecular formula is C30H37N7O. The summed E-state index contributed by atoms with van der Waals surface area (Å²) >= 11 is 0. The third-order valence-corrected chi connectivity index (χ3v) is 8.43. The first-order chi connectivity index (χ1) is 18.5. The molecule has 2 aliphatic rings. The van der Waals surface area contributed by atoms with Gasteiger partial charge in [0.1, 0.15) is 23.9 Å². The van der Waals surface area contributed by atoms with Gasteiger partial charge in [-0.3, -0.25) is 4.90 Å². The molecule has 4 aromatic rings. The lowest BCUT2D eigenvalue weighted by molar-refractivity contribution is 0.128. The van der Waals surface area contributed by atoms with Crippen molar-refractivity contribution in [2.45, 2.75) is 70.6 Å². The maximum absolute atomic E-state index is 5.96. The molecule has 1 atom stereocenters. The molecule has 0 amide bonds. The van der Waals surface area contributed by atoms with Crippen LogP contribution in [-0.2, 0) is 13.7 Å². The van der Waals surface area contributed by atoms with Gasteiger partial charge >= 0.3 is 0 Å². The number of aryl methyl sites for hydroxylation is 1. The molecule has 2 fully saturated rings. The lowest BCUT2D eigenvalue weighted by atomic mass is 9.85. The van der Waals surface area contributed by atoms with Gasteiger partial charge in [0.15, 0.2) is 5.82 Å². The maximum Gasteiger partial charge on any atom is 0.170 e. The molecule has 8 nitrogen and oxygen atoms in total. The van der Waals surface area contributed by atoms with Crippen molar-refractivity contribution in [2.24, 2.45) is 7.05 Å². The molecule has 1 saturated carbocycles. The predicted molar refractivity (Wildman–Crippen MR) is 147 cm³/mol. The van der Waals surface area contributed by atoms with Gasteiger partial charge in [0.2, 0.25) is 0 Å². The van der Waals surface area contributed by atoms with E-state index in [1.165, 1.54) is 30.6 Å². The fourth-order valence-corrected chi connectivity index (χ4v) is 5.77.